The highest BCUT2D eigenvalue weighted by Gasteiger charge is 2.19. The fraction of sp³-hybridized carbons (Fsp3) is 0.758. The highest BCUT2D eigenvalue weighted by Crippen LogP contribution is 2.16. The molecule has 0 rings (SSSR count). The van der Waals surface area contributed by atoms with Gasteiger partial charge < -0.3 is 14.2 Å². The van der Waals surface area contributed by atoms with Gasteiger partial charge in [-0.25, -0.2) is 0 Å². The number of rotatable bonds is 52. The molecule has 0 bridgehead atoms. The van der Waals surface area contributed by atoms with Gasteiger partial charge in [0.15, 0.2) is 6.10 Å². The Morgan fingerprint density at radius 2 is 0.603 bits per heavy atom. The molecule has 1 atom stereocenters. The minimum atomic E-state index is -0.780. The average Bonchev–Trinajstić information content (AvgIpc) is 3.34. The number of ether oxygens (including phenoxy) is 3. The summed E-state index contributed by atoms with van der Waals surface area (Å²) in [5.41, 5.74) is 0. The first kappa shape index (κ1) is 64.8. The first-order chi connectivity index (χ1) is 33.5. The lowest BCUT2D eigenvalue weighted by atomic mass is 10.0. The molecule has 6 heteroatoms. The minimum Gasteiger partial charge on any atom is -0.462 e. The number of carbonyl (C=O) groups excluding carboxylic acids is 3. The van der Waals surface area contributed by atoms with Crippen LogP contribution in [0.25, 0.3) is 0 Å². The SMILES string of the molecule is CC/C=C\C/C=C\C/C=C\C/C=C\CCCCCCCCCCCCCCC(=O)OCC(COC(=O)CCCCCCCCCCCCCC)OC(=O)CCCCCCC/C=C\C/C=C\CCC. The van der Waals surface area contributed by atoms with E-state index in [9.17, 15) is 14.4 Å². The molecule has 0 radical (unpaired) electrons. The Labute approximate surface area is 421 Å². The first-order valence-corrected chi connectivity index (χ1v) is 28.9. The third kappa shape index (κ3) is 53.8. The molecule has 68 heavy (non-hydrogen) atoms. The molecule has 0 aliphatic rings. The third-order valence-corrected chi connectivity index (χ3v) is 12.4. The fourth-order valence-electron chi connectivity index (χ4n) is 8.12. The average molecular weight is 950 g/mol. The standard InChI is InChI=1S/C62H108O6/c1-4-7-10-13-16-19-22-25-26-27-28-29-30-31-32-33-34-35-36-38-40-43-46-49-52-55-61(64)67-58-59(57-66-60(63)54-51-48-45-42-39-24-21-18-15-12-9-6-3)68-62(65)56-53-50-47-44-41-37-23-20-17-14-11-8-5-2/h7,10-11,14,16,19-20,23,25-26,28-29,59H,4-6,8-9,12-13,15,17-18,21-22,24,27,30-58H2,1-3H3/b10-7-,14-11-,19-16-,23-20-,26-25-,29-28-. The summed E-state index contributed by atoms with van der Waals surface area (Å²) in [5, 5.41) is 0. The Kier molecular flexibility index (Phi) is 53.8. The Morgan fingerprint density at radius 1 is 0.309 bits per heavy atom. The van der Waals surface area contributed by atoms with Crippen LogP contribution in [0, 0.1) is 0 Å². The van der Waals surface area contributed by atoms with Crippen molar-refractivity contribution >= 4 is 17.9 Å². The van der Waals surface area contributed by atoms with Crippen molar-refractivity contribution in [2.45, 2.75) is 290 Å². The second kappa shape index (κ2) is 56.4. The van der Waals surface area contributed by atoms with E-state index in [4.69, 9.17) is 14.2 Å². The maximum Gasteiger partial charge on any atom is 0.306 e. The van der Waals surface area contributed by atoms with Gasteiger partial charge in [0, 0.05) is 19.3 Å². The Morgan fingerprint density at radius 3 is 0.956 bits per heavy atom. The maximum atomic E-state index is 12.8. The van der Waals surface area contributed by atoms with Crippen molar-refractivity contribution in [3.63, 3.8) is 0 Å². The molecule has 0 fully saturated rings. The van der Waals surface area contributed by atoms with Gasteiger partial charge in [0.1, 0.15) is 13.2 Å². The van der Waals surface area contributed by atoms with Crippen LogP contribution in [0.2, 0.25) is 0 Å². The summed E-state index contributed by atoms with van der Waals surface area (Å²) >= 11 is 0. The van der Waals surface area contributed by atoms with Gasteiger partial charge >= 0.3 is 17.9 Å². The summed E-state index contributed by atoms with van der Waals surface area (Å²) in [5.74, 6) is -0.887. The zero-order chi connectivity index (χ0) is 49.3. The van der Waals surface area contributed by atoms with Crippen LogP contribution in [0.1, 0.15) is 284 Å². The molecule has 6 nitrogen and oxygen atoms in total. The van der Waals surface area contributed by atoms with E-state index < -0.39 is 6.10 Å². The Balaban J connectivity index is 4.25. The molecule has 0 aliphatic carbocycles. The zero-order valence-corrected chi connectivity index (χ0v) is 44.9. The van der Waals surface area contributed by atoms with Crippen molar-refractivity contribution in [2.75, 3.05) is 13.2 Å². The smallest absolute Gasteiger partial charge is 0.306 e. The summed E-state index contributed by atoms with van der Waals surface area (Å²) in [6.07, 6.45) is 71.8. The summed E-state index contributed by atoms with van der Waals surface area (Å²) in [7, 11) is 0. The quantitative estimate of drug-likeness (QED) is 0.0262. The summed E-state index contributed by atoms with van der Waals surface area (Å²) in [4.78, 5) is 38.1. The van der Waals surface area contributed by atoms with Gasteiger partial charge in [-0.3, -0.25) is 14.4 Å². The molecule has 0 aliphatic heterocycles. The maximum absolute atomic E-state index is 12.8. The molecule has 0 amide bonds. The molecule has 392 valence electrons. The van der Waals surface area contributed by atoms with Gasteiger partial charge in [0.2, 0.25) is 0 Å². The predicted octanol–water partition coefficient (Wildman–Crippen LogP) is 19.4. The van der Waals surface area contributed by atoms with Crippen molar-refractivity contribution in [2.24, 2.45) is 0 Å². The lowest BCUT2D eigenvalue weighted by Crippen LogP contribution is -2.30. The monoisotopic (exact) mass is 949 g/mol. The van der Waals surface area contributed by atoms with Crippen molar-refractivity contribution < 1.29 is 28.6 Å². The molecule has 0 saturated carbocycles. The van der Waals surface area contributed by atoms with Gasteiger partial charge in [-0.2, -0.15) is 0 Å². The number of carbonyl (C=O) groups is 3. The molecule has 0 aromatic carbocycles. The van der Waals surface area contributed by atoms with Crippen LogP contribution in [0.5, 0.6) is 0 Å². The Bertz CT molecular complexity index is 1270. The van der Waals surface area contributed by atoms with E-state index in [1.165, 1.54) is 128 Å². The van der Waals surface area contributed by atoms with Crippen molar-refractivity contribution in [3.05, 3.63) is 72.9 Å². The third-order valence-electron chi connectivity index (χ3n) is 12.4. The van der Waals surface area contributed by atoms with Crippen molar-refractivity contribution in [1.29, 1.82) is 0 Å². The topological polar surface area (TPSA) is 78.9 Å². The van der Waals surface area contributed by atoms with Crippen LogP contribution in [0.4, 0.5) is 0 Å². The predicted molar refractivity (Wildman–Crippen MR) is 293 cm³/mol. The number of unbranched alkanes of at least 4 members (excludes halogenated alkanes) is 29. The number of allylic oxidation sites excluding steroid dienone is 12. The van der Waals surface area contributed by atoms with Crippen molar-refractivity contribution in [3.8, 4) is 0 Å². The van der Waals surface area contributed by atoms with Crippen LogP contribution in [-0.4, -0.2) is 37.2 Å². The minimum absolute atomic E-state index is 0.0787. The van der Waals surface area contributed by atoms with Crippen LogP contribution < -0.4 is 0 Å². The number of esters is 3. The highest BCUT2D eigenvalue weighted by molar-refractivity contribution is 5.71. The van der Waals surface area contributed by atoms with Gasteiger partial charge in [-0.15, -0.1) is 0 Å². The van der Waals surface area contributed by atoms with Gasteiger partial charge in [0.25, 0.3) is 0 Å². The lowest BCUT2D eigenvalue weighted by Gasteiger charge is -2.18. The molecule has 0 spiro atoms. The van der Waals surface area contributed by atoms with E-state index in [1.807, 2.05) is 0 Å². The number of hydrogen-bond acceptors (Lipinski definition) is 6. The van der Waals surface area contributed by atoms with Crippen LogP contribution in [0.15, 0.2) is 72.9 Å². The van der Waals surface area contributed by atoms with E-state index in [1.54, 1.807) is 0 Å². The molecule has 0 N–H and O–H groups in total. The first-order valence-electron chi connectivity index (χ1n) is 28.9. The lowest BCUT2D eigenvalue weighted by molar-refractivity contribution is -0.167. The normalized spacial score (nSPS) is 12.6. The zero-order valence-electron chi connectivity index (χ0n) is 44.9. The molecule has 0 saturated heterocycles. The molecule has 0 aromatic rings. The van der Waals surface area contributed by atoms with E-state index in [2.05, 4.69) is 93.7 Å². The van der Waals surface area contributed by atoms with E-state index in [0.29, 0.717) is 19.3 Å². The van der Waals surface area contributed by atoms with Gasteiger partial charge in [0.05, 0.1) is 0 Å². The van der Waals surface area contributed by atoms with Gasteiger partial charge in [-0.1, -0.05) is 254 Å². The van der Waals surface area contributed by atoms with Crippen molar-refractivity contribution in [1.82, 2.24) is 0 Å². The molecule has 1 unspecified atom stereocenters. The molecular weight excluding hydrogens is 841 g/mol. The molecule has 0 heterocycles. The highest BCUT2D eigenvalue weighted by atomic mass is 16.6. The fourth-order valence-corrected chi connectivity index (χ4v) is 8.12. The Hall–Kier alpha value is -3.15. The largest absolute Gasteiger partial charge is 0.462 e. The number of hydrogen-bond donors (Lipinski definition) is 0. The summed E-state index contributed by atoms with van der Waals surface area (Å²) in [6, 6.07) is 0. The second-order valence-electron chi connectivity index (χ2n) is 19.2. The van der Waals surface area contributed by atoms with Crippen LogP contribution >= 0.6 is 0 Å². The van der Waals surface area contributed by atoms with Gasteiger partial charge in [-0.05, 0) is 83.5 Å². The van der Waals surface area contributed by atoms with Crippen LogP contribution in [0.3, 0.4) is 0 Å². The molecule has 0 aromatic heterocycles. The van der Waals surface area contributed by atoms with E-state index >= 15 is 0 Å². The second-order valence-corrected chi connectivity index (χ2v) is 19.2. The molecular formula is C62H108O6. The summed E-state index contributed by atoms with van der Waals surface area (Å²) in [6.45, 7) is 6.46. The van der Waals surface area contributed by atoms with E-state index in [0.717, 1.165) is 116 Å². The summed E-state index contributed by atoms with van der Waals surface area (Å²) < 4.78 is 16.8. The van der Waals surface area contributed by atoms with Crippen LogP contribution in [-0.2, 0) is 28.6 Å². The van der Waals surface area contributed by atoms with E-state index in [-0.39, 0.29) is 31.1 Å².